The summed E-state index contributed by atoms with van der Waals surface area (Å²) in [6.07, 6.45) is 1.81. The lowest BCUT2D eigenvalue weighted by molar-refractivity contribution is 0.0719. The van der Waals surface area contributed by atoms with E-state index in [1.54, 1.807) is 0 Å². The first-order chi connectivity index (χ1) is 8.60. The van der Waals surface area contributed by atoms with Crippen molar-refractivity contribution in [3.05, 3.63) is 23.8 Å². The highest BCUT2D eigenvalue weighted by atomic mass is 16.3. The molecule has 0 atom stereocenters. The topological polar surface area (TPSA) is 81.0 Å². The molecule has 0 saturated carbocycles. The van der Waals surface area contributed by atoms with Crippen LogP contribution in [0.1, 0.15) is 30.1 Å². The van der Waals surface area contributed by atoms with E-state index in [9.17, 15) is 15.0 Å². The maximum absolute atomic E-state index is 12.1. The molecule has 0 bridgehead atoms. The van der Waals surface area contributed by atoms with Gasteiger partial charge in [0.1, 0.15) is 0 Å². The first kappa shape index (κ1) is 14.3. The molecule has 1 rings (SSSR count). The molecule has 18 heavy (non-hydrogen) atoms. The number of carbonyl (C=O) groups excluding carboxylic acids is 1. The molecular formula is C13H19NO4. The standard InChI is InChI=1S/C13H19NO4/c1-2-3-6-14(7-8-15)13(18)10-4-5-11(16)12(17)9-10/h4-5,9,15-17H,2-3,6-8H2,1H3. The van der Waals surface area contributed by atoms with Crippen molar-refractivity contribution in [2.75, 3.05) is 19.7 Å². The summed E-state index contributed by atoms with van der Waals surface area (Å²) in [5.74, 6) is -0.832. The first-order valence-electron chi connectivity index (χ1n) is 6.02. The van der Waals surface area contributed by atoms with Crippen molar-refractivity contribution >= 4 is 5.91 Å². The minimum atomic E-state index is -0.319. The number of unbranched alkanes of at least 4 members (excludes halogenated alkanes) is 1. The van der Waals surface area contributed by atoms with Crippen molar-refractivity contribution in [3.63, 3.8) is 0 Å². The molecule has 0 radical (unpaired) electrons. The molecule has 0 unspecified atom stereocenters. The minimum Gasteiger partial charge on any atom is -0.504 e. The molecule has 0 spiro atoms. The summed E-state index contributed by atoms with van der Waals surface area (Å²) < 4.78 is 0. The van der Waals surface area contributed by atoms with Gasteiger partial charge in [0.15, 0.2) is 11.5 Å². The van der Waals surface area contributed by atoms with Crippen LogP contribution in [0, 0.1) is 0 Å². The van der Waals surface area contributed by atoms with Crippen LogP contribution in [0.15, 0.2) is 18.2 Å². The van der Waals surface area contributed by atoms with E-state index in [1.165, 1.54) is 23.1 Å². The van der Waals surface area contributed by atoms with Crippen molar-refractivity contribution in [2.45, 2.75) is 19.8 Å². The third-order valence-electron chi connectivity index (χ3n) is 2.66. The molecule has 0 aliphatic carbocycles. The summed E-state index contributed by atoms with van der Waals surface area (Å²) in [7, 11) is 0. The van der Waals surface area contributed by atoms with Gasteiger partial charge in [0, 0.05) is 18.7 Å². The van der Waals surface area contributed by atoms with Gasteiger partial charge in [-0.25, -0.2) is 0 Å². The Kier molecular flexibility index (Phi) is 5.45. The number of aliphatic hydroxyl groups is 1. The fourth-order valence-corrected chi connectivity index (χ4v) is 1.62. The number of amides is 1. The van der Waals surface area contributed by atoms with Gasteiger partial charge in [-0.15, -0.1) is 0 Å². The Hall–Kier alpha value is -1.75. The number of aromatic hydroxyl groups is 2. The summed E-state index contributed by atoms with van der Waals surface area (Å²) >= 11 is 0. The van der Waals surface area contributed by atoms with Crippen LogP contribution < -0.4 is 0 Å². The number of hydrogen-bond donors (Lipinski definition) is 3. The van der Waals surface area contributed by atoms with Crippen molar-refractivity contribution in [3.8, 4) is 11.5 Å². The van der Waals surface area contributed by atoms with Crippen LogP contribution in [0.4, 0.5) is 0 Å². The van der Waals surface area contributed by atoms with Crippen LogP contribution in [0.2, 0.25) is 0 Å². The molecule has 0 fully saturated rings. The van der Waals surface area contributed by atoms with Crippen LogP contribution >= 0.6 is 0 Å². The first-order valence-corrected chi connectivity index (χ1v) is 6.02. The highest BCUT2D eigenvalue weighted by Gasteiger charge is 2.16. The monoisotopic (exact) mass is 253 g/mol. The van der Waals surface area contributed by atoms with Gasteiger partial charge in [0.25, 0.3) is 5.91 Å². The fourth-order valence-electron chi connectivity index (χ4n) is 1.62. The van der Waals surface area contributed by atoms with Crippen molar-refractivity contribution in [1.29, 1.82) is 0 Å². The molecule has 5 heteroatoms. The SMILES string of the molecule is CCCCN(CCO)C(=O)c1ccc(O)c(O)c1. The van der Waals surface area contributed by atoms with Gasteiger partial charge in [-0.05, 0) is 24.6 Å². The third-order valence-corrected chi connectivity index (χ3v) is 2.66. The maximum atomic E-state index is 12.1. The van der Waals surface area contributed by atoms with Gasteiger partial charge in [-0.3, -0.25) is 4.79 Å². The van der Waals surface area contributed by atoms with Crippen molar-refractivity contribution in [1.82, 2.24) is 4.90 Å². The Morgan fingerprint density at radius 3 is 2.50 bits per heavy atom. The zero-order valence-electron chi connectivity index (χ0n) is 10.5. The number of rotatable bonds is 6. The van der Waals surface area contributed by atoms with Crippen molar-refractivity contribution < 1.29 is 20.1 Å². The second-order valence-electron chi connectivity index (χ2n) is 4.07. The Bertz CT molecular complexity index is 406. The molecular weight excluding hydrogens is 234 g/mol. The fraction of sp³-hybridized carbons (Fsp3) is 0.462. The number of benzene rings is 1. The Morgan fingerprint density at radius 1 is 1.22 bits per heavy atom. The number of aliphatic hydroxyl groups excluding tert-OH is 1. The van der Waals surface area contributed by atoms with Gasteiger partial charge in [0.2, 0.25) is 0 Å². The second kappa shape index (κ2) is 6.86. The largest absolute Gasteiger partial charge is 0.504 e. The molecule has 5 nitrogen and oxygen atoms in total. The van der Waals surface area contributed by atoms with Crippen LogP contribution in [0.3, 0.4) is 0 Å². The average molecular weight is 253 g/mol. The number of carbonyl (C=O) groups is 1. The number of phenolic OH excluding ortho intramolecular Hbond substituents is 2. The predicted octanol–water partition coefficient (Wildman–Crippen LogP) is 1.33. The Labute approximate surface area is 106 Å². The highest BCUT2D eigenvalue weighted by Crippen LogP contribution is 2.25. The molecule has 0 aliphatic heterocycles. The molecule has 0 aromatic heterocycles. The van der Waals surface area contributed by atoms with E-state index in [0.717, 1.165) is 12.8 Å². The predicted molar refractivity (Wildman–Crippen MR) is 67.7 cm³/mol. The molecule has 1 amide bonds. The van der Waals surface area contributed by atoms with Gasteiger partial charge in [0.05, 0.1) is 6.61 Å². The van der Waals surface area contributed by atoms with Gasteiger partial charge in [-0.2, -0.15) is 0 Å². The summed E-state index contributed by atoms with van der Waals surface area (Å²) in [6, 6.07) is 3.96. The smallest absolute Gasteiger partial charge is 0.254 e. The van der Waals surface area contributed by atoms with Crippen molar-refractivity contribution in [2.24, 2.45) is 0 Å². The maximum Gasteiger partial charge on any atom is 0.254 e. The second-order valence-corrected chi connectivity index (χ2v) is 4.07. The quantitative estimate of drug-likeness (QED) is 0.668. The molecule has 0 aliphatic rings. The zero-order chi connectivity index (χ0) is 13.5. The van der Waals surface area contributed by atoms with E-state index < -0.39 is 0 Å². The lowest BCUT2D eigenvalue weighted by atomic mass is 10.1. The van der Waals surface area contributed by atoms with Crippen LogP contribution in [-0.2, 0) is 0 Å². The summed E-state index contributed by atoms with van der Waals surface area (Å²) in [5.41, 5.74) is 0.301. The number of hydrogen-bond acceptors (Lipinski definition) is 4. The molecule has 1 aromatic carbocycles. The lowest BCUT2D eigenvalue weighted by Gasteiger charge is -2.21. The van der Waals surface area contributed by atoms with E-state index in [-0.39, 0.29) is 30.6 Å². The lowest BCUT2D eigenvalue weighted by Crippen LogP contribution is -2.34. The van der Waals surface area contributed by atoms with Gasteiger partial charge in [-0.1, -0.05) is 13.3 Å². The van der Waals surface area contributed by atoms with Gasteiger partial charge < -0.3 is 20.2 Å². The molecule has 100 valence electrons. The molecule has 1 aromatic rings. The van der Waals surface area contributed by atoms with E-state index in [0.29, 0.717) is 12.1 Å². The summed E-state index contributed by atoms with van der Waals surface area (Å²) in [5, 5.41) is 27.5. The molecule has 3 N–H and O–H groups in total. The van der Waals surface area contributed by atoms with E-state index in [4.69, 9.17) is 5.11 Å². The number of nitrogens with zero attached hydrogens (tertiary/aromatic N) is 1. The third kappa shape index (κ3) is 3.63. The summed E-state index contributed by atoms with van der Waals surface area (Å²) in [4.78, 5) is 13.7. The number of phenols is 2. The Morgan fingerprint density at radius 2 is 1.94 bits per heavy atom. The average Bonchev–Trinajstić information content (AvgIpc) is 2.37. The minimum absolute atomic E-state index is 0.0977. The van der Waals surface area contributed by atoms with E-state index >= 15 is 0 Å². The molecule has 0 heterocycles. The normalized spacial score (nSPS) is 10.3. The highest BCUT2D eigenvalue weighted by molar-refractivity contribution is 5.94. The van der Waals surface area contributed by atoms with Crippen LogP contribution in [0.25, 0.3) is 0 Å². The zero-order valence-corrected chi connectivity index (χ0v) is 10.5. The van der Waals surface area contributed by atoms with E-state index in [1.807, 2.05) is 6.92 Å². The van der Waals surface area contributed by atoms with E-state index in [2.05, 4.69) is 0 Å². The molecule has 0 saturated heterocycles. The van der Waals surface area contributed by atoms with Crippen LogP contribution in [0.5, 0.6) is 11.5 Å². The summed E-state index contributed by atoms with van der Waals surface area (Å²) in [6.45, 7) is 2.76. The Balaban J connectivity index is 2.83. The van der Waals surface area contributed by atoms with Crippen LogP contribution in [-0.4, -0.2) is 45.8 Å². The van der Waals surface area contributed by atoms with Gasteiger partial charge >= 0.3 is 0 Å².